The highest BCUT2D eigenvalue weighted by Gasteiger charge is 2.54. The fourth-order valence-corrected chi connectivity index (χ4v) is 2.78. The Labute approximate surface area is 90.2 Å². The predicted molar refractivity (Wildman–Crippen MR) is 56.5 cm³/mol. The molecule has 0 saturated heterocycles. The molecule has 3 aliphatic rings. The molecule has 0 spiro atoms. The molecule has 0 bridgehead atoms. The zero-order valence-electron chi connectivity index (χ0n) is 9.04. The van der Waals surface area contributed by atoms with E-state index in [9.17, 15) is 4.79 Å². The standard InChI is InChI=1S/C12H19NO2/c14-11(15)10(8-1-2-8)13-7-12(5-6-12)9-3-4-9/h8-10,13H,1-7H2,(H,14,15). The highest BCUT2D eigenvalue weighted by atomic mass is 16.4. The largest absolute Gasteiger partial charge is 0.480 e. The van der Waals surface area contributed by atoms with Crippen LogP contribution in [0.5, 0.6) is 0 Å². The normalized spacial score (nSPS) is 29.9. The number of rotatable bonds is 6. The molecule has 3 nitrogen and oxygen atoms in total. The Morgan fingerprint density at radius 1 is 1.33 bits per heavy atom. The zero-order chi connectivity index (χ0) is 10.5. The van der Waals surface area contributed by atoms with Gasteiger partial charge < -0.3 is 10.4 Å². The number of nitrogens with one attached hydrogen (secondary N) is 1. The summed E-state index contributed by atoms with van der Waals surface area (Å²) in [7, 11) is 0. The second-order valence-corrected chi connectivity index (χ2v) is 5.67. The van der Waals surface area contributed by atoms with E-state index in [0.29, 0.717) is 11.3 Å². The van der Waals surface area contributed by atoms with Gasteiger partial charge in [-0.1, -0.05) is 0 Å². The maximum Gasteiger partial charge on any atom is 0.320 e. The SMILES string of the molecule is O=C(O)C(NCC1(C2CC2)CC1)C1CC1. The predicted octanol–water partition coefficient (Wildman–Crippen LogP) is 1.63. The minimum absolute atomic E-state index is 0.263. The lowest BCUT2D eigenvalue weighted by Gasteiger charge is -2.19. The minimum atomic E-state index is -0.649. The summed E-state index contributed by atoms with van der Waals surface area (Å²) in [5.74, 6) is 0.681. The van der Waals surface area contributed by atoms with Crippen LogP contribution < -0.4 is 5.32 Å². The second kappa shape index (κ2) is 3.21. The fourth-order valence-electron chi connectivity index (χ4n) is 2.78. The molecule has 3 fully saturated rings. The maximum atomic E-state index is 11.0. The van der Waals surface area contributed by atoms with Gasteiger partial charge in [-0.3, -0.25) is 4.79 Å². The van der Waals surface area contributed by atoms with Gasteiger partial charge in [0, 0.05) is 6.54 Å². The van der Waals surface area contributed by atoms with Gasteiger partial charge in [-0.05, 0) is 55.8 Å². The minimum Gasteiger partial charge on any atom is -0.480 e. The van der Waals surface area contributed by atoms with Gasteiger partial charge in [-0.25, -0.2) is 0 Å². The Balaban J connectivity index is 1.53. The van der Waals surface area contributed by atoms with E-state index in [1.165, 1.54) is 25.7 Å². The third-order valence-corrected chi connectivity index (χ3v) is 4.37. The van der Waals surface area contributed by atoms with Crippen molar-refractivity contribution in [3.8, 4) is 0 Å². The van der Waals surface area contributed by atoms with Crippen LogP contribution in [0.2, 0.25) is 0 Å². The van der Waals surface area contributed by atoms with E-state index in [2.05, 4.69) is 5.32 Å². The van der Waals surface area contributed by atoms with Gasteiger partial charge in [0.1, 0.15) is 6.04 Å². The number of hydrogen-bond donors (Lipinski definition) is 2. The molecule has 15 heavy (non-hydrogen) atoms. The van der Waals surface area contributed by atoms with Gasteiger partial charge in [-0.2, -0.15) is 0 Å². The zero-order valence-corrected chi connectivity index (χ0v) is 9.04. The summed E-state index contributed by atoms with van der Waals surface area (Å²) >= 11 is 0. The molecule has 0 amide bonds. The summed E-state index contributed by atoms with van der Waals surface area (Å²) in [6.07, 6.45) is 7.59. The van der Waals surface area contributed by atoms with Crippen LogP contribution in [-0.2, 0) is 4.79 Å². The summed E-state index contributed by atoms with van der Waals surface area (Å²) in [5.41, 5.74) is 0.516. The van der Waals surface area contributed by atoms with Crippen molar-refractivity contribution in [3.05, 3.63) is 0 Å². The van der Waals surface area contributed by atoms with Gasteiger partial charge in [-0.15, -0.1) is 0 Å². The van der Waals surface area contributed by atoms with Gasteiger partial charge in [0.15, 0.2) is 0 Å². The van der Waals surface area contributed by atoms with E-state index in [-0.39, 0.29) is 6.04 Å². The average molecular weight is 209 g/mol. The van der Waals surface area contributed by atoms with E-state index in [0.717, 1.165) is 25.3 Å². The van der Waals surface area contributed by atoms with Crippen molar-refractivity contribution in [1.29, 1.82) is 0 Å². The molecular formula is C12H19NO2. The lowest BCUT2D eigenvalue weighted by atomic mass is 10.00. The van der Waals surface area contributed by atoms with Crippen LogP contribution in [-0.4, -0.2) is 23.7 Å². The smallest absolute Gasteiger partial charge is 0.320 e. The van der Waals surface area contributed by atoms with Crippen LogP contribution in [0.1, 0.15) is 38.5 Å². The molecule has 3 rings (SSSR count). The van der Waals surface area contributed by atoms with Crippen molar-refractivity contribution < 1.29 is 9.90 Å². The number of hydrogen-bond acceptors (Lipinski definition) is 2. The fraction of sp³-hybridized carbons (Fsp3) is 0.917. The first-order valence-electron chi connectivity index (χ1n) is 6.17. The Kier molecular flexibility index (Phi) is 2.06. The van der Waals surface area contributed by atoms with Crippen LogP contribution >= 0.6 is 0 Å². The Morgan fingerprint density at radius 3 is 2.40 bits per heavy atom. The van der Waals surface area contributed by atoms with Crippen molar-refractivity contribution in [3.63, 3.8) is 0 Å². The van der Waals surface area contributed by atoms with Crippen molar-refractivity contribution in [2.75, 3.05) is 6.54 Å². The van der Waals surface area contributed by atoms with Gasteiger partial charge in [0.2, 0.25) is 0 Å². The average Bonchev–Trinajstić information content (AvgIpc) is 2.99. The third kappa shape index (κ3) is 1.89. The summed E-state index contributed by atoms with van der Waals surface area (Å²) in [5, 5.41) is 12.4. The topological polar surface area (TPSA) is 49.3 Å². The lowest BCUT2D eigenvalue weighted by molar-refractivity contribution is -0.140. The quantitative estimate of drug-likeness (QED) is 0.699. The summed E-state index contributed by atoms with van der Waals surface area (Å²) < 4.78 is 0. The van der Waals surface area contributed by atoms with Crippen molar-refractivity contribution in [1.82, 2.24) is 5.32 Å². The number of carboxylic acid groups (broad SMARTS) is 1. The van der Waals surface area contributed by atoms with Crippen LogP contribution in [0.3, 0.4) is 0 Å². The van der Waals surface area contributed by atoms with E-state index < -0.39 is 5.97 Å². The second-order valence-electron chi connectivity index (χ2n) is 5.67. The Morgan fingerprint density at radius 2 is 2.00 bits per heavy atom. The Hall–Kier alpha value is -0.570. The molecule has 0 radical (unpaired) electrons. The molecule has 0 aliphatic heterocycles. The van der Waals surface area contributed by atoms with Crippen LogP contribution in [0.15, 0.2) is 0 Å². The van der Waals surface area contributed by atoms with Crippen molar-refractivity contribution in [2.45, 2.75) is 44.6 Å². The molecule has 1 unspecified atom stereocenters. The molecule has 3 heteroatoms. The van der Waals surface area contributed by atoms with E-state index in [4.69, 9.17) is 5.11 Å². The first kappa shape index (κ1) is 9.64. The molecule has 84 valence electrons. The molecule has 0 aromatic carbocycles. The molecular weight excluding hydrogens is 190 g/mol. The molecule has 1 atom stereocenters. The molecule has 3 aliphatic carbocycles. The Bertz CT molecular complexity index is 277. The first-order valence-corrected chi connectivity index (χ1v) is 6.17. The van der Waals surface area contributed by atoms with Gasteiger partial charge in [0.25, 0.3) is 0 Å². The molecule has 0 heterocycles. The van der Waals surface area contributed by atoms with E-state index in [1.54, 1.807) is 0 Å². The number of carboxylic acids is 1. The highest BCUT2D eigenvalue weighted by molar-refractivity contribution is 5.74. The van der Waals surface area contributed by atoms with Gasteiger partial charge in [0.05, 0.1) is 0 Å². The van der Waals surface area contributed by atoms with Crippen LogP contribution in [0.4, 0.5) is 0 Å². The number of carbonyl (C=O) groups is 1. The van der Waals surface area contributed by atoms with Crippen molar-refractivity contribution >= 4 is 5.97 Å². The van der Waals surface area contributed by atoms with E-state index in [1.807, 2.05) is 0 Å². The van der Waals surface area contributed by atoms with E-state index >= 15 is 0 Å². The van der Waals surface area contributed by atoms with Crippen molar-refractivity contribution in [2.24, 2.45) is 17.3 Å². The maximum absolute atomic E-state index is 11.0. The summed E-state index contributed by atoms with van der Waals surface area (Å²) in [6, 6.07) is -0.263. The number of aliphatic carboxylic acids is 1. The lowest BCUT2D eigenvalue weighted by Crippen LogP contribution is -2.42. The summed E-state index contributed by atoms with van der Waals surface area (Å²) in [6.45, 7) is 0.950. The highest BCUT2D eigenvalue weighted by Crippen LogP contribution is 2.60. The first-order chi connectivity index (χ1) is 7.21. The van der Waals surface area contributed by atoms with Gasteiger partial charge >= 0.3 is 5.97 Å². The molecule has 0 aromatic rings. The molecule has 2 N–H and O–H groups in total. The van der Waals surface area contributed by atoms with Crippen LogP contribution in [0.25, 0.3) is 0 Å². The third-order valence-electron chi connectivity index (χ3n) is 4.37. The summed E-state index contributed by atoms with van der Waals surface area (Å²) in [4.78, 5) is 11.0. The monoisotopic (exact) mass is 209 g/mol. The molecule has 3 saturated carbocycles. The van der Waals surface area contributed by atoms with Crippen LogP contribution in [0, 0.1) is 17.3 Å². The molecule has 0 aromatic heterocycles.